The van der Waals surface area contributed by atoms with E-state index in [-0.39, 0.29) is 19.1 Å². The van der Waals surface area contributed by atoms with Crippen LogP contribution in [0.5, 0.6) is 0 Å². The van der Waals surface area contributed by atoms with Gasteiger partial charge in [0.2, 0.25) is 5.91 Å². The summed E-state index contributed by atoms with van der Waals surface area (Å²) in [5.74, 6) is -0.162. The van der Waals surface area contributed by atoms with E-state index in [9.17, 15) is 19.4 Å². The van der Waals surface area contributed by atoms with Gasteiger partial charge in [0.25, 0.3) is 7.82 Å². The van der Waals surface area contributed by atoms with E-state index in [0.29, 0.717) is 23.9 Å². The summed E-state index contributed by atoms with van der Waals surface area (Å²) in [7, 11) is 1.31. The number of aliphatic hydroxyl groups excluding tert-OH is 1. The lowest BCUT2D eigenvalue weighted by molar-refractivity contribution is -0.870. The number of unbranched alkanes of at least 4 members (excludes halogenated alkanes) is 32. The highest BCUT2D eigenvalue weighted by Crippen LogP contribution is 2.38. The molecule has 0 rings (SSSR count). The summed E-state index contributed by atoms with van der Waals surface area (Å²) >= 11 is 0. The molecule has 0 bridgehead atoms. The number of phosphoric acid groups is 1. The van der Waals surface area contributed by atoms with Crippen LogP contribution in [0.1, 0.15) is 271 Å². The van der Waals surface area contributed by atoms with Gasteiger partial charge in [-0.2, -0.15) is 0 Å². The van der Waals surface area contributed by atoms with Crippen molar-refractivity contribution in [2.24, 2.45) is 0 Å². The summed E-state index contributed by atoms with van der Waals surface area (Å²) in [6.07, 6.45) is 65.8. The fourth-order valence-electron chi connectivity index (χ4n) is 8.56. The third-order valence-corrected chi connectivity index (χ3v) is 14.0. The van der Waals surface area contributed by atoms with E-state index in [4.69, 9.17) is 9.05 Å². The molecule has 9 heteroatoms. The molecule has 0 aliphatic rings. The van der Waals surface area contributed by atoms with E-state index in [1.54, 1.807) is 0 Å². The lowest BCUT2D eigenvalue weighted by Gasteiger charge is -2.30. The normalized spacial score (nSPS) is 14.3. The minimum absolute atomic E-state index is 0.0132. The summed E-state index contributed by atoms with van der Waals surface area (Å²) in [4.78, 5) is 25.5. The number of nitrogens with one attached hydrogen (secondary N) is 1. The quantitative estimate of drug-likeness (QED) is 0.0272. The van der Waals surface area contributed by atoms with E-state index in [1.165, 1.54) is 180 Å². The molecular weight excluding hydrogens is 864 g/mol. The molecule has 0 aromatic rings. The second-order valence-corrected chi connectivity index (χ2v) is 22.4. The fraction of sp³-hybridized carbons (Fsp3) is 0.847. The summed E-state index contributed by atoms with van der Waals surface area (Å²) in [5, 5.41) is 14.0. The molecule has 3 atom stereocenters. The number of quaternary nitrogens is 1. The Morgan fingerprint density at radius 3 is 1.31 bits per heavy atom. The number of amides is 1. The van der Waals surface area contributed by atoms with E-state index in [2.05, 4.69) is 67.8 Å². The zero-order chi connectivity index (χ0) is 49.9. The van der Waals surface area contributed by atoms with Gasteiger partial charge >= 0.3 is 0 Å². The average molecular weight is 978 g/mol. The van der Waals surface area contributed by atoms with Crippen LogP contribution in [-0.4, -0.2) is 68.5 Å². The van der Waals surface area contributed by atoms with Gasteiger partial charge in [0.1, 0.15) is 13.2 Å². The third kappa shape index (κ3) is 52.3. The van der Waals surface area contributed by atoms with Crippen LogP contribution in [0.15, 0.2) is 48.6 Å². The zero-order valence-electron chi connectivity index (χ0n) is 45.6. The summed E-state index contributed by atoms with van der Waals surface area (Å²) in [6, 6.07) is -0.798. The maximum absolute atomic E-state index is 13.0. The van der Waals surface area contributed by atoms with Crippen LogP contribution in [-0.2, 0) is 18.4 Å². The van der Waals surface area contributed by atoms with Crippen LogP contribution in [0, 0.1) is 0 Å². The van der Waals surface area contributed by atoms with Crippen molar-refractivity contribution in [3.05, 3.63) is 48.6 Å². The average Bonchev–Trinajstić information content (AvgIpc) is 3.30. The molecule has 0 saturated heterocycles. The molecule has 8 nitrogen and oxygen atoms in total. The van der Waals surface area contributed by atoms with Gasteiger partial charge in [0.15, 0.2) is 0 Å². The van der Waals surface area contributed by atoms with Crippen molar-refractivity contribution in [3.8, 4) is 0 Å². The number of carbonyl (C=O) groups excluding carboxylic acids is 1. The highest BCUT2D eigenvalue weighted by atomic mass is 31.2. The molecule has 1 amide bonds. The number of carbonyl (C=O) groups is 1. The Kier molecular flexibility index (Phi) is 49.3. The second-order valence-electron chi connectivity index (χ2n) is 21.0. The first kappa shape index (κ1) is 66.5. The molecule has 0 aliphatic carbocycles. The van der Waals surface area contributed by atoms with E-state index in [1.807, 2.05) is 21.1 Å². The van der Waals surface area contributed by atoms with Gasteiger partial charge in [-0.25, -0.2) is 0 Å². The van der Waals surface area contributed by atoms with Gasteiger partial charge in [-0.1, -0.05) is 262 Å². The van der Waals surface area contributed by atoms with Crippen LogP contribution in [0.2, 0.25) is 0 Å². The monoisotopic (exact) mass is 977 g/mol. The summed E-state index contributed by atoms with van der Waals surface area (Å²) in [5.41, 5.74) is 0. The molecule has 400 valence electrons. The zero-order valence-corrected chi connectivity index (χ0v) is 46.5. The fourth-order valence-corrected chi connectivity index (χ4v) is 9.29. The number of allylic oxidation sites excluding steroid dienone is 8. The predicted octanol–water partition coefficient (Wildman–Crippen LogP) is 16.9. The SMILES string of the molecule is CC/C=C\C/C=C\C/C=C\C/C=C\CCCCCCCCCCCCCCCCCCCCCCC(=O)NC(COP(=O)([O-])OCC[N+](C)(C)C)C(O)CCCCCCCCCCCCCCC. The summed E-state index contributed by atoms with van der Waals surface area (Å²) in [6.45, 7) is 4.63. The van der Waals surface area contributed by atoms with E-state index >= 15 is 0 Å². The largest absolute Gasteiger partial charge is 0.756 e. The molecule has 0 aromatic carbocycles. The molecule has 0 aromatic heterocycles. The lowest BCUT2D eigenvalue weighted by atomic mass is 10.0. The Morgan fingerprint density at radius 1 is 0.529 bits per heavy atom. The Labute approximate surface area is 422 Å². The topological polar surface area (TPSA) is 108 Å². The van der Waals surface area contributed by atoms with Gasteiger partial charge in [-0.3, -0.25) is 9.36 Å². The van der Waals surface area contributed by atoms with Crippen LogP contribution >= 0.6 is 7.82 Å². The molecule has 0 fully saturated rings. The highest BCUT2D eigenvalue weighted by Gasteiger charge is 2.24. The van der Waals surface area contributed by atoms with Crippen LogP contribution in [0.25, 0.3) is 0 Å². The van der Waals surface area contributed by atoms with Crippen molar-refractivity contribution in [3.63, 3.8) is 0 Å². The van der Waals surface area contributed by atoms with Crippen molar-refractivity contribution >= 4 is 13.7 Å². The van der Waals surface area contributed by atoms with Gasteiger partial charge < -0.3 is 28.8 Å². The van der Waals surface area contributed by atoms with E-state index in [0.717, 1.165) is 64.2 Å². The minimum atomic E-state index is -4.57. The first-order chi connectivity index (χ1) is 33.0. The first-order valence-electron chi connectivity index (χ1n) is 29.0. The Hall–Kier alpha value is -1.54. The van der Waals surface area contributed by atoms with Crippen molar-refractivity contribution < 1.29 is 32.9 Å². The molecule has 2 N–H and O–H groups in total. The van der Waals surface area contributed by atoms with Crippen molar-refractivity contribution in [2.45, 2.75) is 283 Å². The molecule has 0 saturated carbocycles. The Balaban J connectivity index is 3.97. The maximum atomic E-state index is 13.0. The highest BCUT2D eigenvalue weighted by molar-refractivity contribution is 7.45. The predicted molar refractivity (Wildman–Crippen MR) is 293 cm³/mol. The molecule has 0 aliphatic heterocycles. The number of phosphoric ester groups is 1. The first-order valence-corrected chi connectivity index (χ1v) is 30.4. The van der Waals surface area contributed by atoms with Crippen LogP contribution in [0.4, 0.5) is 0 Å². The minimum Gasteiger partial charge on any atom is -0.756 e. The van der Waals surface area contributed by atoms with Crippen LogP contribution < -0.4 is 10.2 Å². The number of aliphatic hydroxyl groups is 1. The van der Waals surface area contributed by atoms with Gasteiger partial charge in [-0.15, -0.1) is 0 Å². The van der Waals surface area contributed by atoms with Crippen molar-refractivity contribution in [1.29, 1.82) is 0 Å². The van der Waals surface area contributed by atoms with E-state index < -0.39 is 20.0 Å². The smallest absolute Gasteiger partial charge is 0.268 e. The molecule has 3 unspecified atom stereocenters. The third-order valence-electron chi connectivity index (χ3n) is 13.1. The number of nitrogens with zero attached hydrogens (tertiary/aromatic N) is 1. The maximum Gasteiger partial charge on any atom is 0.268 e. The molecule has 0 spiro atoms. The van der Waals surface area contributed by atoms with Crippen molar-refractivity contribution in [2.75, 3.05) is 40.9 Å². The number of hydrogen-bond donors (Lipinski definition) is 2. The number of hydrogen-bond acceptors (Lipinski definition) is 6. The molecule has 0 radical (unpaired) electrons. The number of likely N-dealkylation sites (N-methyl/N-ethyl adjacent to an activating group) is 1. The molecule has 68 heavy (non-hydrogen) atoms. The second kappa shape index (κ2) is 50.4. The van der Waals surface area contributed by atoms with Crippen molar-refractivity contribution in [1.82, 2.24) is 5.32 Å². The van der Waals surface area contributed by atoms with Gasteiger partial charge in [0, 0.05) is 6.42 Å². The number of rotatable bonds is 53. The standard InChI is InChI=1S/C59H113N2O6P/c1-6-8-10-12-14-16-18-20-21-22-23-24-25-26-27-28-29-30-31-32-33-34-35-36-37-38-39-41-43-45-47-49-51-53-59(63)60-57(56-67-68(64,65)66-55-54-61(3,4)5)58(62)52-50-48-46-44-42-40-19-17-15-13-11-9-7-2/h8,10,14,16,20-21,23-24,57-58,62H,6-7,9,11-13,15,17-19,22,25-56H2,1-5H3,(H-,60,63,64,65)/b10-8-,16-14-,21-20-,24-23-. The van der Waals surface area contributed by atoms with Crippen LogP contribution in [0.3, 0.4) is 0 Å². The Morgan fingerprint density at radius 2 is 0.897 bits per heavy atom. The van der Waals surface area contributed by atoms with Gasteiger partial charge in [0.05, 0.1) is 39.9 Å². The molecule has 0 heterocycles. The van der Waals surface area contributed by atoms with Gasteiger partial charge in [-0.05, 0) is 51.4 Å². The summed E-state index contributed by atoms with van der Waals surface area (Å²) < 4.78 is 23.4. The Bertz CT molecular complexity index is 1250. The lowest BCUT2D eigenvalue weighted by Crippen LogP contribution is -2.46. The molecular formula is C59H113N2O6P.